The summed E-state index contributed by atoms with van der Waals surface area (Å²) < 4.78 is 31.9. The van der Waals surface area contributed by atoms with Gasteiger partial charge in [0.2, 0.25) is 0 Å². The maximum Gasteiger partial charge on any atom is 0.151 e. The van der Waals surface area contributed by atoms with Crippen molar-refractivity contribution in [1.29, 1.82) is 0 Å². The summed E-state index contributed by atoms with van der Waals surface area (Å²) in [7, 11) is 0. The van der Waals surface area contributed by atoms with E-state index < -0.39 is 11.6 Å². The van der Waals surface area contributed by atoms with Crippen LogP contribution >= 0.6 is 0 Å². The van der Waals surface area contributed by atoms with E-state index in [1.807, 2.05) is 37.7 Å². The van der Waals surface area contributed by atoms with Gasteiger partial charge in [-0.25, -0.2) is 23.7 Å². The summed E-state index contributed by atoms with van der Waals surface area (Å²) in [5, 5.41) is 0. The second-order valence-corrected chi connectivity index (χ2v) is 11.2. The third-order valence-corrected chi connectivity index (χ3v) is 8.24. The van der Waals surface area contributed by atoms with Crippen molar-refractivity contribution in [3.63, 3.8) is 0 Å². The molecule has 1 aromatic carbocycles. The molecule has 2 aliphatic heterocycles. The Hall–Kier alpha value is -3.30. The number of halogens is 2. The number of rotatable bonds is 7. The molecule has 2 atom stereocenters. The van der Waals surface area contributed by atoms with E-state index in [1.165, 1.54) is 25.1 Å². The molecule has 0 spiro atoms. The predicted molar refractivity (Wildman–Crippen MR) is 147 cm³/mol. The third kappa shape index (κ3) is 4.94. The van der Waals surface area contributed by atoms with Crippen molar-refractivity contribution in [1.82, 2.24) is 34.3 Å². The zero-order chi connectivity index (χ0) is 27.3. The van der Waals surface area contributed by atoms with E-state index >= 15 is 4.39 Å². The molecule has 0 N–H and O–H groups in total. The van der Waals surface area contributed by atoms with Crippen LogP contribution in [0.25, 0.3) is 22.2 Å². The first-order chi connectivity index (χ1) is 18.8. The molecule has 0 amide bonds. The minimum atomic E-state index is -0.502. The quantitative estimate of drug-likeness (QED) is 0.322. The van der Waals surface area contributed by atoms with Crippen LogP contribution in [-0.4, -0.2) is 66.0 Å². The van der Waals surface area contributed by atoms with E-state index in [9.17, 15) is 4.39 Å². The molecule has 7 nitrogen and oxygen atoms in total. The fourth-order valence-electron chi connectivity index (χ4n) is 6.57. The molecule has 0 aliphatic carbocycles. The fourth-order valence-corrected chi connectivity index (χ4v) is 6.57. The molecule has 9 heteroatoms. The molecular weight excluding hydrogens is 496 g/mol. The van der Waals surface area contributed by atoms with E-state index in [-0.39, 0.29) is 6.04 Å². The highest BCUT2D eigenvalue weighted by Gasteiger charge is 2.38. The van der Waals surface area contributed by atoms with Crippen molar-refractivity contribution in [3.05, 3.63) is 71.3 Å². The number of fused-ring (bicyclic) bond motifs is 3. The van der Waals surface area contributed by atoms with Crippen LogP contribution in [0.4, 0.5) is 8.78 Å². The maximum absolute atomic E-state index is 15.0. The monoisotopic (exact) mass is 531 g/mol. The topological polar surface area (TPSA) is 63.0 Å². The highest BCUT2D eigenvalue weighted by Crippen LogP contribution is 2.32. The number of piperazine rings is 1. The molecule has 6 rings (SSSR count). The number of aryl methyl sites for hydroxylation is 1. The Morgan fingerprint density at radius 1 is 0.949 bits per heavy atom. The molecule has 39 heavy (non-hydrogen) atoms. The number of nitrogens with zero attached hydrogens (tertiary/aromatic N) is 7. The molecule has 0 radical (unpaired) electrons. The van der Waals surface area contributed by atoms with Gasteiger partial charge in [-0.1, -0.05) is 6.92 Å². The Morgan fingerprint density at radius 3 is 2.33 bits per heavy atom. The molecule has 0 saturated carbocycles. The van der Waals surface area contributed by atoms with Crippen molar-refractivity contribution in [2.45, 2.75) is 71.6 Å². The van der Waals surface area contributed by atoms with Crippen molar-refractivity contribution < 1.29 is 8.78 Å². The number of benzene rings is 1. The lowest BCUT2D eigenvalue weighted by Gasteiger charge is -2.40. The minimum absolute atomic E-state index is 0.0960. The molecular formula is C30H35F2N7. The van der Waals surface area contributed by atoms with Gasteiger partial charge in [-0.3, -0.25) is 14.8 Å². The van der Waals surface area contributed by atoms with E-state index in [0.717, 1.165) is 37.6 Å². The number of hydrogen-bond acceptors (Lipinski definition) is 6. The lowest BCUT2D eigenvalue weighted by Crippen LogP contribution is -2.53. The Bertz CT molecular complexity index is 1480. The average molecular weight is 532 g/mol. The van der Waals surface area contributed by atoms with Crippen LogP contribution in [0.1, 0.15) is 62.6 Å². The molecule has 204 valence electrons. The van der Waals surface area contributed by atoms with Crippen molar-refractivity contribution in [2.75, 3.05) is 19.6 Å². The number of pyridine rings is 1. The minimum Gasteiger partial charge on any atom is -0.326 e. The van der Waals surface area contributed by atoms with Crippen molar-refractivity contribution >= 4 is 11.0 Å². The van der Waals surface area contributed by atoms with Gasteiger partial charge in [-0.2, -0.15) is 0 Å². The van der Waals surface area contributed by atoms with Crippen LogP contribution < -0.4 is 0 Å². The highest BCUT2D eigenvalue weighted by molar-refractivity contribution is 5.83. The summed E-state index contributed by atoms with van der Waals surface area (Å²) in [5.41, 5.74) is 3.42. The second-order valence-electron chi connectivity index (χ2n) is 11.2. The van der Waals surface area contributed by atoms with Gasteiger partial charge in [0.25, 0.3) is 0 Å². The van der Waals surface area contributed by atoms with Gasteiger partial charge in [0.1, 0.15) is 23.0 Å². The summed E-state index contributed by atoms with van der Waals surface area (Å²) in [5.74, 6) is 0.377. The standard InChI is InChI=1S/C30H35F2N7/c1-5-38-23-6-7-24(38)17-37(16-23)15-20-12-34-29(35-13-20)11-22-10-25(27(32)14-33-22)21-8-26(31)30-28(9-21)39(18(2)3)19(4)36-30/h8-10,12-14,18,23-24H,5-7,11,15-17H2,1-4H3. The molecule has 2 fully saturated rings. The van der Waals surface area contributed by atoms with E-state index in [0.29, 0.717) is 52.2 Å². The number of likely N-dealkylation sites (tertiary alicyclic amines) is 1. The number of imidazole rings is 1. The lowest BCUT2D eigenvalue weighted by atomic mass is 10.0. The fraction of sp³-hybridized carbons (Fsp3) is 0.467. The van der Waals surface area contributed by atoms with Crippen LogP contribution in [-0.2, 0) is 13.0 Å². The second kappa shape index (κ2) is 10.4. The van der Waals surface area contributed by atoms with Crippen LogP contribution in [0.15, 0.2) is 36.8 Å². The first kappa shape index (κ1) is 26.0. The summed E-state index contributed by atoms with van der Waals surface area (Å²) >= 11 is 0. The number of aromatic nitrogens is 5. The van der Waals surface area contributed by atoms with Gasteiger partial charge in [0.15, 0.2) is 5.82 Å². The molecule has 3 aromatic heterocycles. The summed E-state index contributed by atoms with van der Waals surface area (Å²) in [6, 6.07) is 6.24. The molecule has 2 aliphatic rings. The van der Waals surface area contributed by atoms with E-state index in [1.54, 1.807) is 12.1 Å². The Morgan fingerprint density at radius 2 is 1.67 bits per heavy atom. The zero-order valence-corrected chi connectivity index (χ0v) is 23.0. The van der Waals surface area contributed by atoms with Gasteiger partial charge in [-0.15, -0.1) is 0 Å². The largest absolute Gasteiger partial charge is 0.326 e. The van der Waals surface area contributed by atoms with E-state index in [2.05, 4.69) is 36.7 Å². The molecule has 2 unspecified atom stereocenters. The smallest absolute Gasteiger partial charge is 0.151 e. The van der Waals surface area contributed by atoms with Crippen LogP contribution in [0, 0.1) is 18.6 Å². The van der Waals surface area contributed by atoms with Crippen molar-refractivity contribution in [2.24, 2.45) is 0 Å². The number of hydrogen-bond donors (Lipinski definition) is 0. The van der Waals surface area contributed by atoms with Crippen LogP contribution in [0.2, 0.25) is 0 Å². The Kier molecular flexibility index (Phi) is 6.89. The molecule has 2 saturated heterocycles. The Balaban J connectivity index is 1.20. The summed E-state index contributed by atoms with van der Waals surface area (Å²) in [4.78, 5) is 23.0. The third-order valence-electron chi connectivity index (χ3n) is 8.24. The normalized spacial score (nSPS) is 20.0. The van der Waals surface area contributed by atoms with Crippen molar-refractivity contribution in [3.8, 4) is 11.1 Å². The predicted octanol–water partition coefficient (Wildman–Crippen LogP) is 5.32. The summed E-state index contributed by atoms with van der Waals surface area (Å²) in [6.45, 7) is 12.3. The SMILES string of the molecule is CCN1C2CCC1CN(Cc1cnc(Cc3cc(-c4cc(F)c5nc(C)n(C(C)C)c5c4)c(F)cn3)nc1)C2. The van der Waals surface area contributed by atoms with E-state index in [4.69, 9.17) is 0 Å². The lowest BCUT2D eigenvalue weighted by molar-refractivity contribution is 0.0669. The van der Waals surface area contributed by atoms with Gasteiger partial charge >= 0.3 is 0 Å². The Labute approximate surface area is 227 Å². The highest BCUT2D eigenvalue weighted by atomic mass is 19.1. The summed E-state index contributed by atoms with van der Waals surface area (Å²) in [6.07, 6.45) is 7.91. The molecule has 4 aromatic rings. The van der Waals surface area contributed by atoms with Crippen LogP contribution in [0.5, 0.6) is 0 Å². The average Bonchev–Trinajstić information content (AvgIpc) is 3.38. The molecule has 2 bridgehead atoms. The van der Waals surface area contributed by atoms with Gasteiger partial charge in [-0.05, 0) is 63.9 Å². The first-order valence-electron chi connectivity index (χ1n) is 13.9. The van der Waals surface area contributed by atoms with Gasteiger partial charge in [0, 0.05) is 67.0 Å². The van der Waals surface area contributed by atoms with Gasteiger partial charge in [0.05, 0.1) is 18.1 Å². The van der Waals surface area contributed by atoms with Gasteiger partial charge < -0.3 is 4.57 Å². The molecule has 5 heterocycles. The maximum atomic E-state index is 15.0. The van der Waals surface area contributed by atoms with Crippen LogP contribution in [0.3, 0.4) is 0 Å². The zero-order valence-electron chi connectivity index (χ0n) is 23.0. The first-order valence-corrected chi connectivity index (χ1v) is 13.9. The number of likely N-dealkylation sites (N-methyl/N-ethyl adjacent to an activating group) is 1.